The van der Waals surface area contributed by atoms with Crippen LogP contribution in [-0.2, 0) is 0 Å². The summed E-state index contributed by atoms with van der Waals surface area (Å²) in [4.78, 5) is 11.8. The van der Waals surface area contributed by atoms with Crippen molar-refractivity contribution in [2.45, 2.75) is 26.2 Å². The quantitative estimate of drug-likeness (QED) is 0.619. The van der Waals surface area contributed by atoms with E-state index in [4.69, 9.17) is 0 Å². The van der Waals surface area contributed by atoms with Gasteiger partial charge in [0.25, 0.3) is 0 Å². The van der Waals surface area contributed by atoms with Gasteiger partial charge in [-0.15, -0.1) is 0 Å². The van der Waals surface area contributed by atoms with Gasteiger partial charge in [0.15, 0.2) is 0 Å². The van der Waals surface area contributed by atoms with E-state index < -0.39 is 19.6 Å². The zero-order valence-corrected chi connectivity index (χ0v) is 10.6. The average Bonchev–Trinajstić information content (AvgIpc) is 2.72. The Morgan fingerprint density at radius 1 is 1.14 bits per heavy atom. The Bertz CT molecular complexity index is 301. The van der Waals surface area contributed by atoms with E-state index in [-0.39, 0.29) is 0 Å². The van der Waals surface area contributed by atoms with Crippen molar-refractivity contribution in [1.29, 1.82) is 0 Å². The van der Waals surface area contributed by atoms with Crippen LogP contribution < -0.4 is 0 Å². The number of Topliss-reactive ketones (excluding diaryl/α,β-unsaturated/α-hetero) is 1. The van der Waals surface area contributed by atoms with Crippen molar-refractivity contribution in [3.05, 3.63) is 35.9 Å². The van der Waals surface area contributed by atoms with Gasteiger partial charge in [-0.3, -0.25) is 0 Å². The van der Waals surface area contributed by atoms with Crippen molar-refractivity contribution in [3.63, 3.8) is 0 Å². The molecule has 2 heteroatoms. The number of carbonyl (C=O) groups excluding carboxylic acids is 1. The fraction of sp³-hybridized carbons (Fsp3) is 0.417. The third-order valence-corrected chi connectivity index (χ3v) is 9.40. The molecule has 1 aromatic carbocycles. The molecule has 2 rings (SSSR count). The first kappa shape index (κ1) is 10.2. The van der Waals surface area contributed by atoms with Gasteiger partial charge in [-0.2, -0.15) is 0 Å². The average molecular weight is 303 g/mol. The molecule has 0 saturated carbocycles. The van der Waals surface area contributed by atoms with E-state index in [0.29, 0.717) is 5.78 Å². The van der Waals surface area contributed by atoms with Crippen molar-refractivity contribution in [2.75, 3.05) is 0 Å². The van der Waals surface area contributed by atoms with Gasteiger partial charge in [-0.25, -0.2) is 0 Å². The van der Waals surface area contributed by atoms with E-state index >= 15 is 0 Å². The van der Waals surface area contributed by atoms with E-state index in [2.05, 4.69) is 0 Å². The molecule has 1 nitrogen and oxygen atoms in total. The Morgan fingerprint density at radius 2 is 1.79 bits per heavy atom. The molecule has 74 valence electrons. The molecule has 1 heterocycles. The number of carbonyl (C=O) groups is 1. The van der Waals surface area contributed by atoms with Gasteiger partial charge in [0, 0.05) is 0 Å². The second kappa shape index (κ2) is 4.96. The van der Waals surface area contributed by atoms with Gasteiger partial charge in [-0.1, -0.05) is 0 Å². The molecule has 1 aromatic rings. The molecule has 0 aromatic heterocycles. The summed E-state index contributed by atoms with van der Waals surface area (Å²) >= 11 is -0.952. The van der Waals surface area contributed by atoms with Gasteiger partial charge in [-0.05, 0) is 0 Å². The van der Waals surface area contributed by atoms with Crippen LogP contribution in [0.2, 0.25) is 13.4 Å². The number of rotatable bonds is 3. The molecule has 1 aliphatic heterocycles. The van der Waals surface area contributed by atoms with Crippen LogP contribution in [0.15, 0.2) is 30.3 Å². The maximum absolute atomic E-state index is 11.8. The van der Waals surface area contributed by atoms with Crippen molar-refractivity contribution >= 4 is 25.3 Å². The van der Waals surface area contributed by atoms with Crippen LogP contribution in [0.1, 0.15) is 23.2 Å². The van der Waals surface area contributed by atoms with Gasteiger partial charge in [0.1, 0.15) is 0 Å². The van der Waals surface area contributed by atoms with Crippen LogP contribution in [0.4, 0.5) is 0 Å². The molecule has 0 aliphatic carbocycles. The van der Waals surface area contributed by atoms with Crippen LogP contribution in [0.3, 0.4) is 0 Å². The second-order valence-electron chi connectivity index (χ2n) is 3.66. The van der Waals surface area contributed by atoms with Crippen molar-refractivity contribution in [1.82, 2.24) is 0 Å². The summed E-state index contributed by atoms with van der Waals surface area (Å²) in [5.41, 5.74) is 0.917. The molecule has 1 saturated heterocycles. The van der Waals surface area contributed by atoms with Crippen LogP contribution in [0.25, 0.3) is 0 Å². The van der Waals surface area contributed by atoms with Crippen molar-refractivity contribution in [2.24, 2.45) is 0 Å². The van der Waals surface area contributed by atoms with Crippen molar-refractivity contribution < 1.29 is 4.79 Å². The topological polar surface area (TPSA) is 17.1 Å². The Balaban J connectivity index is 1.95. The standard InChI is InChI=1S/C12H15OTe/c13-12(10-14-8-4-5-9-14)11-6-2-1-3-7-11/h1-3,6-7H,4-5,8-10H2/q+1. The van der Waals surface area contributed by atoms with Gasteiger partial charge in [0.05, 0.1) is 0 Å². The first-order valence-electron chi connectivity index (χ1n) is 5.08. The molecule has 14 heavy (non-hydrogen) atoms. The molecule has 0 unspecified atom stereocenters. The van der Waals surface area contributed by atoms with E-state index in [0.717, 1.165) is 10.0 Å². The molecule has 0 spiro atoms. The summed E-state index contributed by atoms with van der Waals surface area (Å²) in [6.45, 7) is 0. The minimum absolute atomic E-state index is 0.393. The summed E-state index contributed by atoms with van der Waals surface area (Å²) < 4.78 is 3.76. The van der Waals surface area contributed by atoms with Crippen LogP contribution in [0.5, 0.6) is 0 Å². The number of hydrogen-bond donors (Lipinski definition) is 0. The van der Waals surface area contributed by atoms with Gasteiger partial charge < -0.3 is 0 Å². The summed E-state index contributed by atoms with van der Waals surface area (Å²) in [6.07, 6.45) is 2.78. The fourth-order valence-electron chi connectivity index (χ4n) is 1.75. The monoisotopic (exact) mass is 305 g/mol. The Labute approximate surface area is 92.2 Å². The SMILES string of the molecule is O=C(C[Te+]1CCCC1)c1ccccc1. The summed E-state index contributed by atoms with van der Waals surface area (Å²) in [7, 11) is 0. The van der Waals surface area contributed by atoms with E-state index in [1.807, 2.05) is 30.3 Å². The van der Waals surface area contributed by atoms with E-state index in [1.165, 1.54) is 21.8 Å². The fourth-order valence-corrected chi connectivity index (χ4v) is 8.19. The maximum atomic E-state index is 11.8. The van der Waals surface area contributed by atoms with Crippen LogP contribution in [0, 0.1) is 0 Å². The Hall–Kier alpha value is -0.320. The van der Waals surface area contributed by atoms with Crippen LogP contribution in [-0.4, -0.2) is 25.3 Å². The molecule has 0 radical (unpaired) electrons. The number of benzene rings is 1. The molecule has 0 amide bonds. The predicted octanol–water partition coefficient (Wildman–Crippen LogP) is 3.16. The van der Waals surface area contributed by atoms with E-state index in [9.17, 15) is 4.79 Å². The zero-order chi connectivity index (χ0) is 9.80. The molecule has 0 N–H and O–H groups in total. The zero-order valence-electron chi connectivity index (χ0n) is 8.24. The third kappa shape index (κ3) is 2.59. The Kier molecular flexibility index (Phi) is 3.61. The summed E-state index contributed by atoms with van der Waals surface area (Å²) in [5, 5.41) is 0. The van der Waals surface area contributed by atoms with E-state index in [1.54, 1.807) is 0 Å². The first-order valence-corrected chi connectivity index (χ1v) is 10.0. The molecule has 0 bridgehead atoms. The first-order chi connectivity index (χ1) is 6.86. The number of ketones is 1. The summed E-state index contributed by atoms with van der Waals surface area (Å²) in [6, 6.07) is 9.75. The molecule has 0 atom stereocenters. The second-order valence-corrected chi connectivity index (χ2v) is 10.3. The summed E-state index contributed by atoms with van der Waals surface area (Å²) in [5.74, 6) is 0.393. The molecule has 1 fully saturated rings. The normalized spacial score (nSPS) is 17.1. The Morgan fingerprint density at radius 3 is 2.43 bits per heavy atom. The van der Waals surface area contributed by atoms with Gasteiger partial charge in [0.2, 0.25) is 0 Å². The van der Waals surface area contributed by atoms with Gasteiger partial charge >= 0.3 is 92.3 Å². The number of hydrogen-bond acceptors (Lipinski definition) is 1. The molecule has 1 aliphatic rings. The molecular formula is C12H15OTe+. The minimum atomic E-state index is -0.952. The molecular weight excluding hydrogens is 288 g/mol. The predicted molar refractivity (Wildman–Crippen MR) is 60.2 cm³/mol. The van der Waals surface area contributed by atoms with Crippen LogP contribution >= 0.6 is 0 Å². The third-order valence-electron chi connectivity index (χ3n) is 2.55. The van der Waals surface area contributed by atoms with Crippen molar-refractivity contribution in [3.8, 4) is 0 Å².